The van der Waals surface area contributed by atoms with Crippen molar-refractivity contribution in [2.75, 3.05) is 0 Å². The summed E-state index contributed by atoms with van der Waals surface area (Å²) in [6.07, 6.45) is 11.7. The van der Waals surface area contributed by atoms with Crippen LogP contribution < -0.4 is 0 Å². The molecule has 136 valence electrons. The van der Waals surface area contributed by atoms with Crippen LogP contribution in [0.5, 0.6) is 0 Å². The molecule has 0 unspecified atom stereocenters. The van der Waals surface area contributed by atoms with Crippen molar-refractivity contribution in [1.29, 1.82) is 0 Å². The fraction of sp³-hybridized carbons (Fsp3) is 0.913. The number of rotatable bonds is 1. The van der Waals surface area contributed by atoms with E-state index in [1.807, 2.05) is 0 Å². The average molecular weight is 331 g/mol. The van der Waals surface area contributed by atoms with Gasteiger partial charge in [0, 0.05) is 0 Å². The summed E-state index contributed by atoms with van der Waals surface area (Å²) in [5.41, 5.74) is 2.05. The second-order valence-corrected chi connectivity index (χ2v) is 10.9. The molecule has 0 saturated heterocycles. The van der Waals surface area contributed by atoms with Crippen molar-refractivity contribution in [3.8, 4) is 0 Å². The van der Waals surface area contributed by atoms with Crippen LogP contribution in [0.15, 0.2) is 12.2 Å². The Balaban J connectivity index is 1.61. The van der Waals surface area contributed by atoms with Gasteiger partial charge in [-0.05, 0) is 112 Å². The van der Waals surface area contributed by atoms with E-state index < -0.39 is 5.60 Å². The first-order valence-corrected chi connectivity index (χ1v) is 10.6. The van der Waals surface area contributed by atoms with Crippen molar-refractivity contribution in [3.05, 3.63) is 12.2 Å². The maximum absolute atomic E-state index is 10.6. The van der Waals surface area contributed by atoms with E-state index in [1.165, 1.54) is 50.5 Å². The Kier molecular flexibility index (Phi) is 3.82. The minimum atomic E-state index is -0.404. The fourth-order valence-corrected chi connectivity index (χ4v) is 8.24. The molecule has 24 heavy (non-hydrogen) atoms. The van der Waals surface area contributed by atoms with Crippen LogP contribution in [0.4, 0.5) is 0 Å². The van der Waals surface area contributed by atoms with Crippen LogP contribution in [0.2, 0.25) is 0 Å². The molecule has 1 nitrogen and oxygen atoms in total. The van der Waals surface area contributed by atoms with Crippen molar-refractivity contribution in [3.63, 3.8) is 0 Å². The standard InChI is InChI=1S/C23H38O/c1-15(2)18-8-9-19-17-7-6-16-14-21(3,24)12-13-22(16,4)20(17)10-11-23(18,19)5/h16-20,24H,1,6-14H2,2-5H3/t16-,17+,18-,19+,20+,21-,22+,23-/m1/s1. The van der Waals surface area contributed by atoms with Gasteiger partial charge in [-0.2, -0.15) is 0 Å². The fourth-order valence-electron chi connectivity index (χ4n) is 8.24. The molecule has 0 aromatic rings. The van der Waals surface area contributed by atoms with Crippen molar-refractivity contribution in [1.82, 2.24) is 0 Å². The first-order valence-electron chi connectivity index (χ1n) is 10.6. The van der Waals surface area contributed by atoms with E-state index in [0.717, 1.165) is 42.4 Å². The molecule has 1 heteroatoms. The number of aliphatic hydroxyl groups is 1. The van der Waals surface area contributed by atoms with Crippen molar-refractivity contribution in [2.45, 2.75) is 91.1 Å². The zero-order valence-corrected chi connectivity index (χ0v) is 16.4. The predicted molar refractivity (Wildman–Crippen MR) is 101 cm³/mol. The molecule has 4 fully saturated rings. The molecular weight excluding hydrogens is 292 g/mol. The molecule has 0 aromatic heterocycles. The Morgan fingerprint density at radius 3 is 2.29 bits per heavy atom. The summed E-state index contributed by atoms with van der Waals surface area (Å²) in [5.74, 6) is 4.30. The molecule has 4 aliphatic carbocycles. The third-order valence-electron chi connectivity index (χ3n) is 9.55. The van der Waals surface area contributed by atoms with Crippen LogP contribution in [-0.4, -0.2) is 10.7 Å². The van der Waals surface area contributed by atoms with Gasteiger partial charge in [0.05, 0.1) is 5.60 Å². The molecule has 0 spiro atoms. The molecule has 4 saturated carbocycles. The van der Waals surface area contributed by atoms with Crippen molar-refractivity contribution >= 4 is 0 Å². The highest BCUT2D eigenvalue weighted by atomic mass is 16.3. The number of allylic oxidation sites excluding steroid dienone is 1. The van der Waals surface area contributed by atoms with Crippen LogP contribution in [0.1, 0.15) is 85.5 Å². The summed E-state index contributed by atoms with van der Waals surface area (Å²) in [6.45, 7) is 13.9. The van der Waals surface area contributed by atoms with Gasteiger partial charge >= 0.3 is 0 Å². The van der Waals surface area contributed by atoms with Gasteiger partial charge in [-0.1, -0.05) is 26.0 Å². The maximum atomic E-state index is 10.6. The van der Waals surface area contributed by atoms with E-state index in [1.54, 1.807) is 0 Å². The Bertz CT molecular complexity index is 534. The van der Waals surface area contributed by atoms with Gasteiger partial charge in [-0.3, -0.25) is 0 Å². The van der Waals surface area contributed by atoms with Gasteiger partial charge in [0.1, 0.15) is 0 Å². The maximum Gasteiger partial charge on any atom is 0.0622 e. The Morgan fingerprint density at radius 1 is 0.875 bits per heavy atom. The van der Waals surface area contributed by atoms with Crippen LogP contribution in [0.3, 0.4) is 0 Å². The number of hydrogen-bond acceptors (Lipinski definition) is 1. The van der Waals surface area contributed by atoms with Crippen molar-refractivity contribution < 1.29 is 5.11 Å². The Morgan fingerprint density at radius 2 is 1.58 bits per heavy atom. The smallest absolute Gasteiger partial charge is 0.0622 e. The lowest BCUT2D eigenvalue weighted by molar-refractivity contribution is -0.144. The third-order valence-corrected chi connectivity index (χ3v) is 9.55. The molecule has 0 heterocycles. The van der Waals surface area contributed by atoms with Gasteiger partial charge in [-0.15, -0.1) is 0 Å². The molecule has 1 N–H and O–H groups in total. The summed E-state index contributed by atoms with van der Waals surface area (Å²) in [5, 5.41) is 10.6. The lowest BCUT2D eigenvalue weighted by Crippen LogP contribution is -2.55. The van der Waals surface area contributed by atoms with Crippen LogP contribution >= 0.6 is 0 Å². The lowest BCUT2D eigenvalue weighted by atomic mass is 9.44. The number of fused-ring (bicyclic) bond motifs is 5. The molecule has 4 rings (SSSR count). The summed E-state index contributed by atoms with van der Waals surface area (Å²) in [4.78, 5) is 0. The molecule has 8 atom stereocenters. The quantitative estimate of drug-likeness (QED) is 0.587. The van der Waals surface area contributed by atoms with E-state index >= 15 is 0 Å². The normalized spacial score (nSPS) is 57.0. The SMILES string of the molecule is C=C(C)[C@H]1CC[C@H]2[C@@H]3CC[C@@H]4C[C@](C)(O)CC[C@]4(C)[C@H]3CC[C@]12C. The van der Waals surface area contributed by atoms with Gasteiger partial charge in [-0.25, -0.2) is 0 Å². The monoisotopic (exact) mass is 330 g/mol. The molecule has 4 aliphatic rings. The molecule has 0 amide bonds. The van der Waals surface area contributed by atoms with Crippen LogP contribution in [0.25, 0.3) is 0 Å². The van der Waals surface area contributed by atoms with E-state index in [9.17, 15) is 5.11 Å². The summed E-state index contributed by atoms with van der Waals surface area (Å²) in [6, 6.07) is 0. The second kappa shape index (κ2) is 5.35. The average Bonchev–Trinajstić information content (AvgIpc) is 2.85. The Hall–Kier alpha value is -0.300. The van der Waals surface area contributed by atoms with E-state index in [-0.39, 0.29) is 0 Å². The largest absolute Gasteiger partial charge is 0.390 e. The molecule has 0 bridgehead atoms. The van der Waals surface area contributed by atoms with Gasteiger partial charge in [0.15, 0.2) is 0 Å². The van der Waals surface area contributed by atoms with Gasteiger partial charge < -0.3 is 5.11 Å². The summed E-state index contributed by atoms with van der Waals surface area (Å²) < 4.78 is 0. The highest BCUT2D eigenvalue weighted by Crippen LogP contribution is 2.68. The number of hydrogen-bond donors (Lipinski definition) is 1. The summed E-state index contributed by atoms with van der Waals surface area (Å²) in [7, 11) is 0. The van der Waals surface area contributed by atoms with Crippen molar-refractivity contribution in [2.24, 2.45) is 40.4 Å². The van der Waals surface area contributed by atoms with E-state index in [0.29, 0.717) is 10.8 Å². The molecule has 0 radical (unpaired) electrons. The zero-order chi connectivity index (χ0) is 17.3. The van der Waals surface area contributed by atoms with E-state index in [4.69, 9.17) is 0 Å². The zero-order valence-electron chi connectivity index (χ0n) is 16.4. The highest BCUT2D eigenvalue weighted by molar-refractivity contribution is 5.15. The van der Waals surface area contributed by atoms with Crippen LogP contribution in [-0.2, 0) is 0 Å². The highest BCUT2D eigenvalue weighted by Gasteiger charge is 2.60. The minimum absolute atomic E-state index is 0.404. The molecular formula is C23H38O. The van der Waals surface area contributed by atoms with Gasteiger partial charge in [0.2, 0.25) is 0 Å². The topological polar surface area (TPSA) is 20.2 Å². The lowest BCUT2D eigenvalue weighted by Gasteiger charge is -2.62. The molecule has 0 aromatic carbocycles. The minimum Gasteiger partial charge on any atom is -0.390 e. The van der Waals surface area contributed by atoms with E-state index in [2.05, 4.69) is 34.3 Å². The third kappa shape index (κ3) is 2.29. The Labute approximate surface area is 149 Å². The summed E-state index contributed by atoms with van der Waals surface area (Å²) >= 11 is 0. The first-order chi connectivity index (χ1) is 11.2. The second-order valence-electron chi connectivity index (χ2n) is 10.9. The van der Waals surface area contributed by atoms with Crippen LogP contribution in [0, 0.1) is 40.4 Å². The van der Waals surface area contributed by atoms with Gasteiger partial charge in [0.25, 0.3) is 0 Å². The predicted octanol–water partition coefficient (Wildman–Crippen LogP) is 5.97. The molecule has 0 aliphatic heterocycles. The first kappa shape index (κ1) is 17.1.